The molecule has 0 spiro atoms. The van der Waals surface area contributed by atoms with Gasteiger partial charge in [-0.3, -0.25) is 9.59 Å². The summed E-state index contributed by atoms with van der Waals surface area (Å²) in [5.41, 5.74) is 1.59. The van der Waals surface area contributed by atoms with Crippen LogP contribution < -0.4 is 9.64 Å². The first-order chi connectivity index (χ1) is 14.0. The number of carbonyl (C=O) groups excluding carboxylic acids is 3. The van der Waals surface area contributed by atoms with Crippen LogP contribution in [0.25, 0.3) is 6.08 Å². The molecule has 3 rings (SSSR count). The number of ketones is 1. The number of esters is 1. The summed E-state index contributed by atoms with van der Waals surface area (Å²) in [5.74, 6) is -1.44. The molecule has 0 radical (unpaired) electrons. The molecule has 1 fully saturated rings. The van der Waals surface area contributed by atoms with Crippen LogP contribution in [0, 0.1) is 5.82 Å². The first kappa shape index (κ1) is 20.3. The van der Waals surface area contributed by atoms with Gasteiger partial charge in [0.15, 0.2) is 24.0 Å². The summed E-state index contributed by atoms with van der Waals surface area (Å²) in [6.45, 7) is 0.260. The highest BCUT2D eigenvalue weighted by molar-refractivity contribution is 6.00. The minimum absolute atomic E-state index is 0.0709. The summed E-state index contributed by atoms with van der Waals surface area (Å²) in [5, 5.41) is 0. The Morgan fingerprint density at radius 3 is 2.55 bits per heavy atom. The fourth-order valence-electron chi connectivity index (χ4n) is 2.97. The third kappa shape index (κ3) is 5.07. The number of anilines is 1. The Bertz CT molecular complexity index is 952. The fraction of sp³-hybridized carbons (Fsp3) is 0.227. The topological polar surface area (TPSA) is 72.9 Å². The third-order valence-electron chi connectivity index (χ3n) is 4.51. The molecule has 1 aliphatic heterocycles. The van der Waals surface area contributed by atoms with Gasteiger partial charge in [0.25, 0.3) is 0 Å². The lowest BCUT2D eigenvalue weighted by Gasteiger charge is -2.15. The normalized spacial score (nSPS) is 13.7. The molecule has 29 heavy (non-hydrogen) atoms. The zero-order valence-electron chi connectivity index (χ0n) is 15.9. The van der Waals surface area contributed by atoms with E-state index in [2.05, 4.69) is 0 Å². The number of halogens is 1. The highest BCUT2D eigenvalue weighted by Gasteiger charge is 2.21. The van der Waals surface area contributed by atoms with E-state index in [1.54, 1.807) is 35.2 Å². The van der Waals surface area contributed by atoms with Gasteiger partial charge < -0.3 is 14.4 Å². The van der Waals surface area contributed by atoms with Crippen LogP contribution in [-0.4, -0.2) is 37.9 Å². The van der Waals surface area contributed by atoms with Crippen molar-refractivity contribution in [1.29, 1.82) is 0 Å². The molecule has 0 aliphatic carbocycles. The van der Waals surface area contributed by atoms with Crippen molar-refractivity contribution in [2.75, 3.05) is 25.2 Å². The molecule has 6 nitrogen and oxygen atoms in total. The third-order valence-corrected chi connectivity index (χ3v) is 4.51. The van der Waals surface area contributed by atoms with Gasteiger partial charge in [-0.05, 0) is 54.5 Å². The van der Waals surface area contributed by atoms with Gasteiger partial charge in [0.2, 0.25) is 5.91 Å². The molecule has 0 unspecified atom stereocenters. The maximum atomic E-state index is 13.6. The summed E-state index contributed by atoms with van der Waals surface area (Å²) in [4.78, 5) is 37.4. The van der Waals surface area contributed by atoms with Crippen LogP contribution in [0.2, 0.25) is 0 Å². The monoisotopic (exact) mass is 397 g/mol. The van der Waals surface area contributed by atoms with Gasteiger partial charge in [0.1, 0.15) is 0 Å². The largest absolute Gasteiger partial charge is 0.494 e. The minimum atomic E-state index is -0.714. The van der Waals surface area contributed by atoms with Gasteiger partial charge in [-0.1, -0.05) is 6.07 Å². The maximum absolute atomic E-state index is 13.6. The van der Waals surface area contributed by atoms with Crippen LogP contribution in [0.15, 0.2) is 48.5 Å². The predicted octanol–water partition coefficient (Wildman–Crippen LogP) is 3.40. The highest BCUT2D eigenvalue weighted by atomic mass is 19.1. The van der Waals surface area contributed by atoms with Gasteiger partial charge in [-0.15, -0.1) is 0 Å². The Balaban J connectivity index is 1.52. The number of ether oxygens (including phenoxy) is 2. The van der Waals surface area contributed by atoms with Gasteiger partial charge in [0.05, 0.1) is 7.11 Å². The van der Waals surface area contributed by atoms with E-state index in [4.69, 9.17) is 9.47 Å². The molecule has 1 heterocycles. The number of hydrogen-bond acceptors (Lipinski definition) is 5. The molecule has 0 aromatic heterocycles. The number of rotatable bonds is 7. The van der Waals surface area contributed by atoms with Crippen LogP contribution in [0.3, 0.4) is 0 Å². The fourth-order valence-corrected chi connectivity index (χ4v) is 2.97. The summed E-state index contributed by atoms with van der Waals surface area (Å²) in [7, 11) is 1.36. The van der Waals surface area contributed by atoms with Crippen molar-refractivity contribution < 1.29 is 28.2 Å². The molecule has 1 aliphatic rings. The second-order valence-corrected chi connectivity index (χ2v) is 6.45. The second kappa shape index (κ2) is 9.14. The van der Waals surface area contributed by atoms with Crippen molar-refractivity contribution in [2.24, 2.45) is 0 Å². The number of methoxy groups -OCH3 is 1. The van der Waals surface area contributed by atoms with Crippen LogP contribution in [0.4, 0.5) is 10.1 Å². The van der Waals surface area contributed by atoms with Crippen molar-refractivity contribution in [3.63, 3.8) is 0 Å². The van der Waals surface area contributed by atoms with Crippen LogP contribution in [-0.2, 0) is 14.3 Å². The minimum Gasteiger partial charge on any atom is -0.494 e. The molecule has 1 amide bonds. The standard InChI is InChI=1S/C22H20FNO5/c1-28-20-10-4-15(13-18(20)23)5-11-22(27)29-14-19(25)16-6-8-17(9-7-16)24-12-2-3-21(24)26/h4-11,13H,2-3,12,14H2,1H3/b11-5+. The Hall–Kier alpha value is -3.48. The quantitative estimate of drug-likeness (QED) is 0.407. The maximum Gasteiger partial charge on any atom is 0.331 e. The molecule has 0 saturated carbocycles. The average Bonchev–Trinajstić information content (AvgIpc) is 3.16. The number of benzene rings is 2. The van der Waals surface area contributed by atoms with Gasteiger partial charge in [0, 0.05) is 30.3 Å². The molecule has 1 saturated heterocycles. The van der Waals surface area contributed by atoms with Gasteiger partial charge >= 0.3 is 5.97 Å². The molecule has 2 aromatic carbocycles. The molecule has 2 aromatic rings. The number of Topliss-reactive ketones (excluding diaryl/α,β-unsaturated/α-hetero) is 1. The van der Waals surface area contributed by atoms with Crippen molar-refractivity contribution in [3.05, 3.63) is 65.5 Å². The SMILES string of the molecule is COc1ccc(/C=C/C(=O)OCC(=O)c2ccc(N3CCCC3=O)cc2)cc1F. The number of carbonyl (C=O) groups is 3. The summed E-state index contributed by atoms with van der Waals surface area (Å²) < 4.78 is 23.4. The summed E-state index contributed by atoms with van der Waals surface area (Å²) in [6, 6.07) is 10.9. The van der Waals surface area contributed by atoms with E-state index in [-0.39, 0.29) is 17.4 Å². The van der Waals surface area contributed by atoms with Crippen molar-refractivity contribution >= 4 is 29.4 Å². The molecule has 0 bridgehead atoms. The van der Waals surface area contributed by atoms with E-state index >= 15 is 0 Å². The van der Waals surface area contributed by atoms with Crippen molar-refractivity contribution in [1.82, 2.24) is 0 Å². The zero-order chi connectivity index (χ0) is 20.8. The van der Waals surface area contributed by atoms with Gasteiger partial charge in [-0.25, -0.2) is 9.18 Å². The Morgan fingerprint density at radius 1 is 1.17 bits per heavy atom. The molecule has 150 valence electrons. The Kier molecular flexibility index (Phi) is 6.39. The molecular formula is C22H20FNO5. The van der Waals surface area contributed by atoms with Crippen molar-refractivity contribution in [3.8, 4) is 5.75 Å². The molecular weight excluding hydrogens is 377 g/mol. The summed E-state index contributed by atoms with van der Waals surface area (Å²) >= 11 is 0. The number of nitrogens with zero attached hydrogens (tertiary/aromatic N) is 1. The van der Waals surface area contributed by atoms with Crippen LogP contribution >= 0.6 is 0 Å². The van der Waals surface area contributed by atoms with Crippen LogP contribution in [0.5, 0.6) is 5.75 Å². The lowest BCUT2D eigenvalue weighted by Crippen LogP contribution is -2.23. The molecule has 0 atom stereocenters. The first-order valence-electron chi connectivity index (χ1n) is 9.10. The molecule has 0 N–H and O–H groups in total. The van der Waals surface area contributed by atoms with Gasteiger partial charge in [-0.2, -0.15) is 0 Å². The van der Waals surface area contributed by atoms with E-state index in [0.717, 1.165) is 18.2 Å². The van der Waals surface area contributed by atoms with E-state index in [0.29, 0.717) is 24.1 Å². The average molecular weight is 397 g/mol. The second-order valence-electron chi connectivity index (χ2n) is 6.45. The van der Waals surface area contributed by atoms with Crippen molar-refractivity contribution in [2.45, 2.75) is 12.8 Å². The van der Waals surface area contributed by atoms with Crippen LogP contribution in [0.1, 0.15) is 28.8 Å². The lowest BCUT2D eigenvalue weighted by atomic mass is 10.1. The zero-order valence-corrected chi connectivity index (χ0v) is 15.9. The Labute approximate surface area is 167 Å². The summed E-state index contributed by atoms with van der Waals surface area (Å²) in [6.07, 6.45) is 3.87. The van der Waals surface area contributed by atoms with E-state index < -0.39 is 18.4 Å². The first-order valence-corrected chi connectivity index (χ1v) is 9.10. The smallest absolute Gasteiger partial charge is 0.331 e. The molecule has 7 heteroatoms. The highest BCUT2D eigenvalue weighted by Crippen LogP contribution is 2.22. The van der Waals surface area contributed by atoms with E-state index in [1.807, 2.05) is 0 Å². The predicted molar refractivity (Wildman–Crippen MR) is 105 cm³/mol. The Morgan fingerprint density at radius 2 is 1.93 bits per heavy atom. The van der Waals surface area contributed by atoms with E-state index in [9.17, 15) is 18.8 Å². The number of hydrogen-bond donors (Lipinski definition) is 0. The lowest BCUT2D eigenvalue weighted by molar-refractivity contribution is -0.136. The number of amides is 1. The van der Waals surface area contributed by atoms with E-state index in [1.165, 1.54) is 25.3 Å².